The van der Waals surface area contributed by atoms with E-state index in [1.165, 1.54) is 5.56 Å². The van der Waals surface area contributed by atoms with E-state index in [0.717, 1.165) is 38.5 Å². The number of alkyl halides is 1. The molecule has 0 nitrogen and oxygen atoms in total. The number of halogens is 1. The quantitative estimate of drug-likeness (QED) is 0.617. The third-order valence-corrected chi connectivity index (χ3v) is 2.70. The van der Waals surface area contributed by atoms with Crippen molar-refractivity contribution in [2.75, 3.05) is 0 Å². The highest BCUT2D eigenvalue weighted by molar-refractivity contribution is 5.14. The summed E-state index contributed by atoms with van der Waals surface area (Å²) in [5, 5.41) is 0. The third kappa shape index (κ3) is 5.56. The van der Waals surface area contributed by atoms with E-state index in [-0.39, 0.29) is 0 Å². The molecule has 1 atom stereocenters. The van der Waals surface area contributed by atoms with Crippen molar-refractivity contribution in [3.63, 3.8) is 0 Å². The molecule has 0 fully saturated rings. The van der Waals surface area contributed by atoms with Crippen molar-refractivity contribution in [1.82, 2.24) is 0 Å². The number of rotatable bonds is 7. The van der Waals surface area contributed by atoms with Crippen LogP contribution in [0.15, 0.2) is 30.3 Å². The standard InChI is InChI=1S/C14H21F/c1-2-3-11-14(15)12-7-10-13-8-5-4-6-9-13/h4-6,8-9,14H,2-3,7,10-12H2,1H3. The normalized spacial score (nSPS) is 12.7. The second-order valence-electron chi connectivity index (χ2n) is 4.12. The van der Waals surface area contributed by atoms with E-state index in [0.29, 0.717) is 0 Å². The van der Waals surface area contributed by atoms with E-state index >= 15 is 0 Å². The van der Waals surface area contributed by atoms with Gasteiger partial charge in [-0.05, 0) is 31.2 Å². The minimum Gasteiger partial charge on any atom is -0.247 e. The van der Waals surface area contributed by atoms with Gasteiger partial charge >= 0.3 is 0 Å². The van der Waals surface area contributed by atoms with Crippen LogP contribution in [0.25, 0.3) is 0 Å². The molecule has 84 valence electrons. The summed E-state index contributed by atoms with van der Waals surface area (Å²) in [6.07, 6.45) is 4.96. The van der Waals surface area contributed by atoms with Crippen molar-refractivity contribution in [2.45, 2.75) is 51.6 Å². The second-order valence-corrected chi connectivity index (χ2v) is 4.12. The van der Waals surface area contributed by atoms with Crippen LogP contribution in [0.4, 0.5) is 4.39 Å². The molecule has 0 bridgehead atoms. The predicted molar refractivity (Wildman–Crippen MR) is 63.8 cm³/mol. The Morgan fingerprint density at radius 1 is 1.07 bits per heavy atom. The van der Waals surface area contributed by atoms with Gasteiger partial charge in [-0.3, -0.25) is 0 Å². The average molecular weight is 208 g/mol. The van der Waals surface area contributed by atoms with Crippen LogP contribution in [0.2, 0.25) is 0 Å². The van der Waals surface area contributed by atoms with E-state index in [4.69, 9.17) is 0 Å². The molecule has 15 heavy (non-hydrogen) atoms. The van der Waals surface area contributed by atoms with Gasteiger partial charge < -0.3 is 0 Å². The highest BCUT2D eigenvalue weighted by atomic mass is 19.1. The predicted octanol–water partition coefficient (Wildman–Crippen LogP) is 4.54. The van der Waals surface area contributed by atoms with Crippen LogP contribution in [-0.2, 0) is 6.42 Å². The molecule has 0 aliphatic carbocycles. The van der Waals surface area contributed by atoms with Crippen molar-refractivity contribution < 1.29 is 4.39 Å². The van der Waals surface area contributed by atoms with E-state index < -0.39 is 6.17 Å². The van der Waals surface area contributed by atoms with Crippen LogP contribution < -0.4 is 0 Å². The summed E-state index contributed by atoms with van der Waals surface area (Å²) >= 11 is 0. The number of benzene rings is 1. The number of unbranched alkanes of at least 4 members (excludes halogenated alkanes) is 1. The molecule has 1 unspecified atom stereocenters. The van der Waals surface area contributed by atoms with Gasteiger partial charge in [-0.2, -0.15) is 0 Å². The van der Waals surface area contributed by atoms with E-state index in [9.17, 15) is 4.39 Å². The first-order valence-corrected chi connectivity index (χ1v) is 6.01. The molecule has 0 spiro atoms. The minimum absolute atomic E-state index is 0.589. The lowest BCUT2D eigenvalue weighted by Crippen LogP contribution is -2.00. The van der Waals surface area contributed by atoms with Crippen molar-refractivity contribution in [3.8, 4) is 0 Å². The molecule has 0 saturated carbocycles. The Morgan fingerprint density at radius 3 is 2.40 bits per heavy atom. The van der Waals surface area contributed by atoms with Gasteiger partial charge in [0, 0.05) is 0 Å². The van der Waals surface area contributed by atoms with Crippen LogP contribution in [0.1, 0.15) is 44.6 Å². The van der Waals surface area contributed by atoms with Crippen molar-refractivity contribution in [2.24, 2.45) is 0 Å². The number of hydrogen-bond donors (Lipinski definition) is 0. The molecular weight excluding hydrogens is 187 g/mol. The highest BCUT2D eigenvalue weighted by Crippen LogP contribution is 2.13. The van der Waals surface area contributed by atoms with Crippen LogP contribution >= 0.6 is 0 Å². The highest BCUT2D eigenvalue weighted by Gasteiger charge is 2.04. The van der Waals surface area contributed by atoms with Gasteiger partial charge in [0.2, 0.25) is 0 Å². The summed E-state index contributed by atoms with van der Waals surface area (Å²) in [5.41, 5.74) is 1.32. The number of hydrogen-bond acceptors (Lipinski definition) is 0. The van der Waals surface area contributed by atoms with E-state index in [1.54, 1.807) is 0 Å². The first-order valence-electron chi connectivity index (χ1n) is 6.01. The monoisotopic (exact) mass is 208 g/mol. The fourth-order valence-corrected chi connectivity index (χ4v) is 1.74. The number of aryl methyl sites for hydroxylation is 1. The Bertz CT molecular complexity index is 243. The molecule has 1 rings (SSSR count). The van der Waals surface area contributed by atoms with Gasteiger partial charge in [0.1, 0.15) is 6.17 Å². The van der Waals surface area contributed by atoms with Crippen LogP contribution in [-0.4, -0.2) is 6.17 Å². The van der Waals surface area contributed by atoms with E-state index in [1.807, 2.05) is 18.2 Å². The topological polar surface area (TPSA) is 0 Å². The fraction of sp³-hybridized carbons (Fsp3) is 0.571. The first kappa shape index (κ1) is 12.2. The molecule has 0 radical (unpaired) electrons. The average Bonchev–Trinajstić information content (AvgIpc) is 2.28. The maximum absolute atomic E-state index is 13.3. The maximum atomic E-state index is 13.3. The van der Waals surface area contributed by atoms with Crippen LogP contribution in [0.5, 0.6) is 0 Å². The molecule has 1 aromatic carbocycles. The lowest BCUT2D eigenvalue weighted by Gasteiger charge is -2.06. The molecule has 0 amide bonds. The SMILES string of the molecule is CCCCC(F)CCCc1ccccc1. The smallest absolute Gasteiger partial charge is 0.100 e. The fourth-order valence-electron chi connectivity index (χ4n) is 1.74. The molecule has 0 N–H and O–H groups in total. The molecule has 0 saturated heterocycles. The molecule has 1 aromatic rings. The largest absolute Gasteiger partial charge is 0.247 e. The Kier molecular flexibility index (Phi) is 6.06. The second kappa shape index (κ2) is 7.44. The Morgan fingerprint density at radius 2 is 1.73 bits per heavy atom. The van der Waals surface area contributed by atoms with Crippen LogP contribution in [0.3, 0.4) is 0 Å². The Hall–Kier alpha value is -0.850. The van der Waals surface area contributed by atoms with Gasteiger partial charge in [-0.1, -0.05) is 50.1 Å². The zero-order chi connectivity index (χ0) is 10.9. The van der Waals surface area contributed by atoms with E-state index in [2.05, 4.69) is 19.1 Å². The lowest BCUT2D eigenvalue weighted by atomic mass is 10.0. The lowest BCUT2D eigenvalue weighted by molar-refractivity contribution is 0.284. The molecule has 0 aliphatic rings. The molecule has 0 aromatic heterocycles. The summed E-state index contributed by atoms with van der Waals surface area (Å²) in [6.45, 7) is 2.11. The zero-order valence-corrected chi connectivity index (χ0v) is 9.58. The zero-order valence-electron chi connectivity index (χ0n) is 9.58. The Balaban J connectivity index is 2.11. The molecule has 0 aliphatic heterocycles. The summed E-state index contributed by atoms with van der Waals surface area (Å²) in [6, 6.07) is 10.3. The summed E-state index contributed by atoms with van der Waals surface area (Å²) < 4.78 is 13.3. The van der Waals surface area contributed by atoms with Gasteiger partial charge in [0.05, 0.1) is 0 Å². The summed E-state index contributed by atoms with van der Waals surface area (Å²) in [7, 11) is 0. The summed E-state index contributed by atoms with van der Waals surface area (Å²) in [4.78, 5) is 0. The summed E-state index contributed by atoms with van der Waals surface area (Å²) in [5.74, 6) is 0. The van der Waals surface area contributed by atoms with Gasteiger partial charge in [-0.15, -0.1) is 0 Å². The molecule has 1 heteroatoms. The van der Waals surface area contributed by atoms with Crippen molar-refractivity contribution >= 4 is 0 Å². The van der Waals surface area contributed by atoms with Gasteiger partial charge in [0.15, 0.2) is 0 Å². The van der Waals surface area contributed by atoms with Gasteiger partial charge in [-0.25, -0.2) is 4.39 Å². The van der Waals surface area contributed by atoms with Crippen molar-refractivity contribution in [1.29, 1.82) is 0 Å². The van der Waals surface area contributed by atoms with Gasteiger partial charge in [0.25, 0.3) is 0 Å². The Labute approximate surface area is 92.5 Å². The first-order chi connectivity index (χ1) is 7.33. The minimum atomic E-state index is -0.589. The van der Waals surface area contributed by atoms with Crippen LogP contribution in [0, 0.1) is 0 Å². The molecule has 0 heterocycles. The third-order valence-electron chi connectivity index (χ3n) is 2.70. The van der Waals surface area contributed by atoms with Crippen molar-refractivity contribution in [3.05, 3.63) is 35.9 Å². The molecular formula is C14H21F. The maximum Gasteiger partial charge on any atom is 0.100 e.